The summed E-state index contributed by atoms with van der Waals surface area (Å²) in [6, 6.07) is 23.3. The zero-order valence-electron chi connectivity index (χ0n) is 16.2. The fourth-order valence-electron chi connectivity index (χ4n) is 4.74. The van der Waals surface area contributed by atoms with Crippen molar-refractivity contribution in [1.29, 1.82) is 0 Å². The van der Waals surface area contributed by atoms with Gasteiger partial charge in [-0.1, -0.05) is 60.1 Å². The number of halogens is 1. The van der Waals surface area contributed by atoms with Crippen molar-refractivity contribution in [2.24, 2.45) is 5.10 Å². The summed E-state index contributed by atoms with van der Waals surface area (Å²) in [5.74, 6) is 0.592. The summed E-state index contributed by atoms with van der Waals surface area (Å²) in [5.41, 5.74) is 3.30. The summed E-state index contributed by atoms with van der Waals surface area (Å²) in [5, 5.41) is 7.51. The molecule has 3 aromatic carbocycles. The Kier molecular flexibility index (Phi) is 3.56. The third-order valence-electron chi connectivity index (χ3n) is 6.17. The number of amides is 1. The van der Waals surface area contributed by atoms with Gasteiger partial charge in [0.05, 0.1) is 23.0 Å². The summed E-state index contributed by atoms with van der Waals surface area (Å²) in [6.07, 6.45) is 0.683. The molecule has 0 unspecified atom stereocenters. The van der Waals surface area contributed by atoms with Crippen LogP contribution in [-0.2, 0) is 10.5 Å². The highest BCUT2D eigenvalue weighted by molar-refractivity contribution is 6.30. The average molecular weight is 416 g/mol. The molecule has 5 nitrogen and oxygen atoms in total. The van der Waals surface area contributed by atoms with E-state index in [1.807, 2.05) is 71.7 Å². The van der Waals surface area contributed by atoms with Crippen molar-refractivity contribution in [1.82, 2.24) is 5.01 Å². The first-order chi connectivity index (χ1) is 14.6. The van der Waals surface area contributed by atoms with E-state index in [1.165, 1.54) is 0 Å². The van der Waals surface area contributed by atoms with Crippen LogP contribution in [0.2, 0.25) is 5.02 Å². The molecule has 6 rings (SSSR count). The van der Waals surface area contributed by atoms with E-state index in [4.69, 9.17) is 21.4 Å². The number of nitrogens with zero attached hydrogens (tertiary/aromatic N) is 3. The molecule has 0 radical (unpaired) electrons. The monoisotopic (exact) mass is 415 g/mol. The molecule has 0 saturated heterocycles. The Labute approximate surface area is 179 Å². The molecule has 0 aliphatic carbocycles. The minimum Gasteiger partial charge on any atom is -0.453 e. The Hall–Kier alpha value is -3.31. The molecule has 0 N–H and O–H groups in total. The van der Waals surface area contributed by atoms with Crippen LogP contribution in [0.1, 0.15) is 29.2 Å². The van der Waals surface area contributed by atoms with Gasteiger partial charge in [-0.3, -0.25) is 4.79 Å². The molecule has 3 aliphatic rings. The Bertz CT molecular complexity index is 1220. The first kappa shape index (κ1) is 17.5. The van der Waals surface area contributed by atoms with Gasteiger partial charge in [0.1, 0.15) is 5.75 Å². The summed E-state index contributed by atoms with van der Waals surface area (Å²) in [7, 11) is 1.79. The number of hydrogen-bond acceptors (Lipinski definition) is 4. The number of carbonyl (C=O) groups excluding carboxylic acids is 1. The molecule has 3 aliphatic heterocycles. The normalized spacial score (nSPS) is 23.7. The lowest BCUT2D eigenvalue weighted by molar-refractivity contribution is -0.163. The lowest BCUT2D eigenvalue weighted by atomic mass is 9.92. The molecule has 0 saturated carbocycles. The molecule has 0 aromatic heterocycles. The Balaban J connectivity index is 1.58. The summed E-state index contributed by atoms with van der Waals surface area (Å²) >= 11 is 6.08. The second kappa shape index (κ2) is 6.09. The van der Waals surface area contributed by atoms with E-state index in [1.54, 1.807) is 11.9 Å². The summed E-state index contributed by atoms with van der Waals surface area (Å²) in [4.78, 5) is 15.3. The van der Waals surface area contributed by atoms with Crippen molar-refractivity contribution in [3.05, 3.63) is 94.5 Å². The highest BCUT2D eigenvalue weighted by atomic mass is 35.5. The van der Waals surface area contributed by atoms with E-state index in [-0.39, 0.29) is 11.9 Å². The second-order valence-electron chi connectivity index (χ2n) is 7.78. The van der Waals surface area contributed by atoms with Gasteiger partial charge in [0.25, 0.3) is 5.91 Å². The van der Waals surface area contributed by atoms with Gasteiger partial charge >= 0.3 is 5.72 Å². The van der Waals surface area contributed by atoms with Crippen LogP contribution < -0.4 is 9.64 Å². The van der Waals surface area contributed by atoms with Crippen LogP contribution in [0.25, 0.3) is 0 Å². The van der Waals surface area contributed by atoms with Gasteiger partial charge in [0.15, 0.2) is 0 Å². The van der Waals surface area contributed by atoms with Gasteiger partial charge in [-0.05, 0) is 29.8 Å². The predicted octanol–water partition coefficient (Wildman–Crippen LogP) is 4.71. The Morgan fingerprint density at radius 3 is 2.60 bits per heavy atom. The van der Waals surface area contributed by atoms with Crippen molar-refractivity contribution >= 4 is 28.9 Å². The number of hydrazone groups is 1. The average Bonchev–Trinajstić information content (AvgIpc) is 3.31. The third kappa shape index (κ3) is 2.18. The van der Waals surface area contributed by atoms with Crippen LogP contribution in [0, 0.1) is 0 Å². The maximum atomic E-state index is 13.7. The SMILES string of the molecule is CN1C(=O)[C@]2(Oc3ccccc3[C@@H]3CC(c4ccc(Cl)cc4)=NN32)c2ccccc21. The van der Waals surface area contributed by atoms with E-state index < -0.39 is 5.72 Å². The van der Waals surface area contributed by atoms with E-state index in [0.717, 1.165) is 33.8 Å². The number of benzene rings is 3. The van der Waals surface area contributed by atoms with E-state index in [0.29, 0.717) is 11.4 Å². The molecule has 1 amide bonds. The third-order valence-corrected chi connectivity index (χ3v) is 6.42. The first-order valence-corrected chi connectivity index (χ1v) is 10.3. The standard InChI is InChI=1S/C24H18ClN3O2/c1-27-20-8-4-3-7-18(20)24(23(27)29)28-21(17-6-2-5-9-22(17)30-24)14-19(26-28)15-10-12-16(25)13-11-15/h2-13,21H,14H2,1H3/t21-,24+/m0/s1. The van der Waals surface area contributed by atoms with E-state index >= 15 is 0 Å². The number of fused-ring (bicyclic) bond motifs is 6. The van der Waals surface area contributed by atoms with Gasteiger partial charge in [-0.25, -0.2) is 5.01 Å². The van der Waals surface area contributed by atoms with Gasteiger partial charge in [0.2, 0.25) is 0 Å². The predicted molar refractivity (Wildman–Crippen MR) is 116 cm³/mol. The fourth-order valence-corrected chi connectivity index (χ4v) is 4.86. The second-order valence-corrected chi connectivity index (χ2v) is 8.22. The van der Waals surface area contributed by atoms with Crippen molar-refractivity contribution < 1.29 is 9.53 Å². The van der Waals surface area contributed by atoms with Crippen LogP contribution in [-0.4, -0.2) is 23.7 Å². The Morgan fingerprint density at radius 1 is 1.03 bits per heavy atom. The lowest BCUT2D eigenvalue weighted by Crippen LogP contribution is -2.56. The molecule has 1 spiro atoms. The molecule has 0 bridgehead atoms. The van der Waals surface area contributed by atoms with Crippen molar-refractivity contribution in [3.63, 3.8) is 0 Å². The highest BCUT2D eigenvalue weighted by Gasteiger charge is 2.62. The Morgan fingerprint density at radius 2 is 1.77 bits per heavy atom. The quantitative estimate of drug-likeness (QED) is 0.578. The van der Waals surface area contributed by atoms with E-state index in [9.17, 15) is 4.79 Å². The van der Waals surface area contributed by atoms with Gasteiger partial charge < -0.3 is 9.64 Å². The van der Waals surface area contributed by atoms with Gasteiger partial charge in [-0.2, -0.15) is 5.10 Å². The molecule has 30 heavy (non-hydrogen) atoms. The van der Waals surface area contributed by atoms with Crippen molar-refractivity contribution in [2.75, 3.05) is 11.9 Å². The fraction of sp³-hybridized carbons (Fsp3) is 0.167. The van der Waals surface area contributed by atoms with Gasteiger partial charge in [-0.15, -0.1) is 0 Å². The smallest absolute Gasteiger partial charge is 0.306 e. The van der Waals surface area contributed by atoms with Gasteiger partial charge in [0, 0.05) is 24.1 Å². The van der Waals surface area contributed by atoms with E-state index in [2.05, 4.69) is 6.07 Å². The summed E-state index contributed by atoms with van der Waals surface area (Å²) in [6.45, 7) is 0. The zero-order valence-corrected chi connectivity index (χ0v) is 17.0. The first-order valence-electron chi connectivity index (χ1n) is 9.88. The van der Waals surface area contributed by atoms with Crippen LogP contribution in [0.15, 0.2) is 77.9 Å². The number of hydrogen-bond donors (Lipinski definition) is 0. The van der Waals surface area contributed by atoms with Crippen molar-refractivity contribution in [3.8, 4) is 5.75 Å². The molecule has 0 fully saturated rings. The topological polar surface area (TPSA) is 45.1 Å². The molecule has 3 heterocycles. The van der Waals surface area contributed by atoms with Crippen molar-refractivity contribution in [2.45, 2.75) is 18.2 Å². The molecular formula is C24H18ClN3O2. The maximum absolute atomic E-state index is 13.7. The number of ether oxygens (including phenoxy) is 1. The number of anilines is 1. The molecule has 6 heteroatoms. The van der Waals surface area contributed by atoms with Crippen LogP contribution in [0.4, 0.5) is 5.69 Å². The minimum absolute atomic E-state index is 0.0934. The van der Waals surface area contributed by atoms with Crippen LogP contribution in [0.5, 0.6) is 5.75 Å². The minimum atomic E-state index is -1.31. The zero-order chi connectivity index (χ0) is 20.5. The number of carbonyl (C=O) groups is 1. The highest BCUT2D eigenvalue weighted by Crippen LogP contribution is 2.55. The maximum Gasteiger partial charge on any atom is 0.306 e. The molecule has 148 valence electrons. The van der Waals surface area contributed by atoms with Crippen LogP contribution in [0.3, 0.4) is 0 Å². The summed E-state index contributed by atoms with van der Waals surface area (Å²) < 4.78 is 6.51. The lowest BCUT2D eigenvalue weighted by Gasteiger charge is -2.44. The largest absolute Gasteiger partial charge is 0.453 e. The molecule has 2 atom stereocenters. The number of likely N-dealkylation sites (N-methyl/N-ethyl adjacent to an activating group) is 1. The molecular weight excluding hydrogens is 398 g/mol. The number of rotatable bonds is 1. The number of para-hydroxylation sites is 2. The molecule has 3 aromatic rings. The van der Waals surface area contributed by atoms with Crippen LogP contribution >= 0.6 is 11.6 Å².